The molecule has 2 aromatic rings. The number of nitrogens with zero attached hydrogens (tertiary/aromatic N) is 1. The number of hydrogen-bond acceptors (Lipinski definition) is 4. The van der Waals surface area contributed by atoms with Crippen molar-refractivity contribution in [1.29, 1.82) is 5.26 Å². The van der Waals surface area contributed by atoms with Gasteiger partial charge in [-0.05, 0) is 50.3 Å². The minimum absolute atomic E-state index is 0.152. The molecule has 0 bridgehead atoms. The quantitative estimate of drug-likeness (QED) is 0.608. The molecule has 1 unspecified atom stereocenters. The number of ether oxygens (including phenoxy) is 2. The van der Waals surface area contributed by atoms with E-state index in [2.05, 4.69) is 0 Å². The van der Waals surface area contributed by atoms with Gasteiger partial charge in [-0.2, -0.15) is 5.26 Å². The molecule has 0 aromatic heterocycles. The fourth-order valence-electron chi connectivity index (χ4n) is 2.87. The molecular weight excluding hydrogens is 314 g/mol. The third kappa shape index (κ3) is 3.72. The molecule has 4 heteroatoms. The summed E-state index contributed by atoms with van der Waals surface area (Å²) in [5.74, 6) is 1.43. The smallest absolute Gasteiger partial charge is 0.185 e. The molecule has 1 aliphatic rings. The van der Waals surface area contributed by atoms with Crippen molar-refractivity contribution in [2.24, 2.45) is 0 Å². The van der Waals surface area contributed by atoms with Gasteiger partial charge in [-0.3, -0.25) is 4.79 Å². The summed E-state index contributed by atoms with van der Waals surface area (Å²) < 4.78 is 11.5. The minimum Gasteiger partial charge on any atom is -0.493 e. The standard InChI is InChI=1S/C21H19NO3/c1-3-24-20-12-18-9-14(2)25-21(18)11-17(20)7-8-19(23)16-6-4-5-15(10-16)13-22/h4-8,10-12,14H,3,9H2,1-2H3/b8-7+. The highest BCUT2D eigenvalue weighted by molar-refractivity contribution is 6.07. The van der Waals surface area contributed by atoms with Gasteiger partial charge < -0.3 is 9.47 Å². The molecule has 1 heterocycles. The molecule has 0 saturated heterocycles. The van der Waals surface area contributed by atoms with E-state index in [4.69, 9.17) is 14.7 Å². The van der Waals surface area contributed by atoms with E-state index in [1.54, 1.807) is 30.3 Å². The van der Waals surface area contributed by atoms with Crippen LogP contribution < -0.4 is 9.47 Å². The number of rotatable bonds is 5. The van der Waals surface area contributed by atoms with Gasteiger partial charge in [-0.15, -0.1) is 0 Å². The minimum atomic E-state index is -0.158. The first kappa shape index (κ1) is 16.8. The van der Waals surface area contributed by atoms with Gasteiger partial charge in [0.2, 0.25) is 0 Å². The summed E-state index contributed by atoms with van der Waals surface area (Å²) in [5, 5.41) is 8.95. The molecule has 0 radical (unpaired) electrons. The zero-order valence-electron chi connectivity index (χ0n) is 14.3. The van der Waals surface area contributed by atoms with Crippen molar-refractivity contribution in [3.8, 4) is 17.6 Å². The highest BCUT2D eigenvalue weighted by Crippen LogP contribution is 2.35. The number of ketones is 1. The predicted molar refractivity (Wildman–Crippen MR) is 95.9 cm³/mol. The zero-order chi connectivity index (χ0) is 17.8. The van der Waals surface area contributed by atoms with Crippen LogP contribution in [0.3, 0.4) is 0 Å². The number of carbonyl (C=O) groups excluding carboxylic acids is 1. The van der Waals surface area contributed by atoms with Crippen molar-refractivity contribution in [2.45, 2.75) is 26.4 Å². The number of hydrogen-bond donors (Lipinski definition) is 0. The number of allylic oxidation sites excluding steroid dienone is 1. The summed E-state index contributed by atoms with van der Waals surface area (Å²) in [4.78, 5) is 12.4. The largest absolute Gasteiger partial charge is 0.493 e. The van der Waals surface area contributed by atoms with Crippen molar-refractivity contribution >= 4 is 11.9 Å². The van der Waals surface area contributed by atoms with E-state index < -0.39 is 0 Å². The highest BCUT2D eigenvalue weighted by atomic mass is 16.5. The first-order valence-corrected chi connectivity index (χ1v) is 8.29. The van der Waals surface area contributed by atoms with Crippen LogP contribution in [0.15, 0.2) is 42.5 Å². The Morgan fingerprint density at radius 1 is 1.40 bits per heavy atom. The second-order valence-corrected chi connectivity index (χ2v) is 5.95. The van der Waals surface area contributed by atoms with Crippen LogP contribution in [0, 0.1) is 11.3 Å². The van der Waals surface area contributed by atoms with E-state index in [-0.39, 0.29) is 11.9 Å². The highest BCUT2D eigenvalue weighted by Gasteiger charge is 2.21. The number of carbonyl (C=O) groups is 1. The third-order valence-corrected chi connectivity index (χ3v) is 4.02. The first-order chi connectivity index (χ1) is 12.1. The van der Waals surface area contributed by atoms with Gasteiger partial charge in [-0.25, -0.2) is 0 Å². The van der Waals surface area contributed by atoms with Gasteiger partial charge in [0.15, 0.2) is 5.78 Å². The third-order valence-electron chi connectivity index (χ3n) is 4.02. The van der Waals surface area contributed by atoms with Crippen molar-refractivity contribution < 1.29 is 14.3 Å². The van der Waals surface area contributed by atoms with Gasteiger partial charge in [0.1, 0.15) is 17.6 Å². The first-order valence-electron chi connectivity index (χ1n) is 8.29. The maximum atomic E-state index is 12.4. The molecule has 0 amide bonds. The van der Waals surface area contributed by atoms with Gasteiger partial charge >= 0.3 is 0 Å². The van der Waals surface area contributed by atoms with Crippen molar-refractivity contribution in [3.63, 3.8) is 0 Å². The Labute approximate surface area is 147 Å². The molecule has 3 rings (SSSR count). The molecule has 1 atom stereocenters. The Hall–Kier alpha value is -3.06. The number of fused-ring (bicyclic) bond motifs is 1. The summed E-state index contributed by atoms with van der Waals surface area (Å²) in [7, 11) is 0. The van der Waals surface area contributed by atoms with E-state index in [1.807, 2.05) is 32.0 Å². The molecule has 4 nitrogen and oxygen atoms in total. The summed E-state index contributed by atoms with van der Waals surface area (Å²) >= 11 is 0. The van der Waals surface area contributed by atoms with Gasteiger partial charge in [-0.1, -0.05) is 12.1 Å². The Kier molecular flexibility index (Phi) is 4.85. The second kappa shape index (κ2) is 7.23. The summed E-state index contributed by atoms with van der Waals surface area (Å²) in [6.07, 6.45) is 4.25. The zero-order valence-corrected chi connectivity index (χ0v) is 14.3. The molecule has 0 fully saturated rings. The van der Waals surface area contributed by atoms with E-state index >= 15 is 0 Å². The molecule has 0 saturated carbocycles. The van der Waals surface area contributed by atoms with E-state index in [0.29, 0.717) is 17.7 Å². The lowest BCUT2D eigenvalue weighted by Gasteiger charge is -2.10. The fourth-order valence-corrected chi connectivity index (χ4v) is 2.87. The van der Waals surface area contributed by atoms with Crippen LogP contribution in [-0.4, -0.2) is 18.5 Å². The van der Waals surface area contributed by atoms with E-state index in [0.717, 1.165) is 29.0 Å². The lowest BCUT2D eigenvalue weighted by molar-refractivity contribution is 0.104. The van der Waals surface area contributed by atoms with Crippen molar-refractivity contribution in [2.75, 3.05) is 6.61 Å². The van der Waals surface area contributed by atoms with Crippen molar-refractivity contribution in [1.82, 2.24) is 0 Å². The fraction of sp³-hybridized carbons (Fsp3) is 0.238. The van der Waals surface area contributed by atoms with Gasteiger partial charge in [0.05, 0.1) is 18.2 Å². The average molecular weight is 333 g/mol. The molecule has 0 spiro atoms. The average Bonchev–Trinajstić information content (AvgIpc) is 2.98. The predicted octanol–water partition coefficient (Wildman–Crippen LogP) is 4.18. The van der Waals surface area contributed by atoms with Gasteiger partial charge in [0.25, 0.3) is 0 Å². The topological polar surface area (TPSA) is 59.3 Å². The maximum absolute atomic E-state index is 12.4. The van der Waals surface area contributed by atoms with E-state index in [9.17, 15) is 4.79 Å². The number of benzene rings is 2. The summed E-state index contributed by atoms with van der Waals surface area (Å²) in [6, 6.07) is 12.6. The monoisotopic (exact) mass is 333 g/mol. The summed E-state index contributed by atoms with van der Waals surface area (Å²) in [5.41, 5.74) is 2.88. The van der Waals surface area contributed by atoms with Crippen LogP contribution in [-0.2, 0) is 6.42 Å². The maximum Gasteiger partial charge on any atom is 0.185 e. The molecule has 0 N–H and O–H groups in total. The van der Waals surface area contributed by atoms with Crippen LogP contribution in [0.4, 0.5) is 0 Å². The van der Waals surface area contributed by atoms with Gasteiger partial charge in [0, 0.05) is 23.1 Å². The van der Waals surface area contributed by atoms with Crippen LogP contribution >= 0.6 is 0 Å². The SMILES string of the molecule is CCOc1cc2c(cc1/C=C/C(=O)c1cccc(C#N)c1)OC(C)C2. The van der Waals surface area contributed by atoms with E-state index in [1.165, 1.54) is 6.08 Å². The van der Waals surface area contributed by atoms with Crippen LogP contribution in [0.25, 0.3) is 6.08 Å². The van der Waals surface area contributed by atoms with Crippen LogP contribution in [0.2, 0.25) is 0 Å². The Balaban J connectivity index is 1.88. The molecule has 126 valence electrons. The molecule has 0 aliphatic carbocycles. The second-order valence-electron chi connectivity index (χ2n) is 5.95. The normalized spacial score (nSPS) is 15.5. The molecule has 2 aromatic carbocycles. The lowest BCUT2D eigenvalue weighted by Crippen LogP contribution is -2.05. The van der Waals surface area contributed by atoms with Crippen LogP contribution in [0.5, 0.6) is 11.5 Å². The van der Waals surface area contributed by atoms with Crippen molar-refractivity contribution in [3.05, 3.63) is 64.7 Å². The molecule has 25 heavy (non-hydrogen) atoms. The number of nitriles is 1. The lowest BCUT2D eigenvalue weighted by atomic mass is 10.0. The summed E-state index contributed by atoms with van der Waals surface area (Å²) in [6.45, 7) is 4.51. The molecular formula is C21H19NO3. The Morgan fingerprint density at radius 2 is 2.24 bits per heavy atom. The Morgan fingerprint density at radius 3 is 3.00 bits per heavy atom. The van der Waals surface area contributed by atoms with Crippen LogP contribution in [0.1, 0.15) is 40.9 Å². The Bertz CT molecular complexity index is 877. The molecule has 1 aliphatic heterocycles.